The van der Waals surface area contributed by atoms with Crippen molar-refractivity contribution in [1.29, 1.82) is 0 Å². The second-order valence-electron chi connectivity index (χ2n) is 7.93. The summed E-state index contributed by atoms with van der Waals surface area (Å²) in [4.78, 5) is 30.1. The number of aryl methyl sites for hydroxylation is 2. The summed E-state index contributed by atoms with van der Waals surface area (Å²) in [6.07, 6.45) is 0. The second kappa shape index (κ2) is 7.60. The Morgan fingerprint density at radius 2 is 1.69 bits per heavy atom. The van der Waals surface area contributed by atoms with Crippen LogP contribution in [0.5, 0.6) is 11.5 Å². The van der Waals surface area contributed by atoms with Crippen LogP contribution in [0.15, 0.2) is 52.1 Å². The fraction of sp³-hybridized carbons (Fsp3) is 0.261. The molecule has 5 rings (SSSR count). The minimum absolute atomic E-state index is 0.218. The van der Waals surface area contributed by atoms with Crippen LogP contribution in [0.3, 0.4) is 0 Å². The normalized spacial score (nSPS) is 12.5. The molecule has 0 bridgehead atoms. The molecule has 4 aromatic rings. The van der Waals surface area contributed by atoms with E-state index in [1.165, 1.54) is 11.6 Å². The Kier molecular flexibility index (Phi) is 4.73. The van der Waals surface area contributed by atoms with Gasteiger partial charge in [0.05, 0.1) is 6.54 Å². The van der Waals surface area contributed by atoms with Crippen LogP contribution in [-0.4, -0.2) is 25.5 Å². The summed E-state index contributed by atoms with van der Waals surface area (Å²) in [6.45, 7) is 3.14. The van der Waals surface area contributed by atoms with Crippen molar-refractivity contribution in [1.82, 2.24) is 18.7 Å². The second-order valence-corrected chi connectivity index (χ2v) is 7.93. The van der Waals surface area contributed by atoms with Gasteiger partial charge in [0.15, 0.2) is 22.7 Å². The molecule has 0 unspecified atom stereocenters. The van der Waals surface area contributed by atoms with Crippen molar-refractivity contribution in [2.45, 2.75) is 20.0 Å². The molecule has 3 heterocycles. The van der Waals surface area contributed by atoms with Crippen LogP contribution in [0.2, 0.25) is 0 Å². The molecule has 9 nitrogen and oxygen atoms in total. The first-order valence-electron chi connectivity index (χ1n) is 10.3. The Bertz CT molecular complexity index is 1450. The monoisotopic (exact) mass is 433 g/mol. The highest BCUT2D eigenvalue weighted by atomic mass is 16.7. The van der Waals surface area contributed by atoms with Gasteiger partial charge in [-0.1, -0.05) is 35.9 Å². The van der Waals surface area contributed by atoms with E-state index < -0.39 is 5.69 Å². The molecule has 32 heavy (non-hydrogen) atoms. The summed E-state index contributed by atoms with van der Waals surface area (Å²) in [7, 11) is 3.10. The molecular formula is C23H23N5O4. The molecule has 2 aromatic carbocycles. The van der Waals surface area contributed by atoms with Gasteiger partial charge < -0.3 is 14.8 Å². The van der Waals surface area contributed by atoms with E-state index in [1.54, 1.807) is 7.05 Å². The van der Waals surface area contributed by atoms with E-state index in [0.717, 1.165) is 27.0 Å². The van der Waals surface area contributed by atoms with Crippen LogP contribution in [0.1, 0.15) is 16.7 Å². The summed E-state index contributed by atoms with van der Waals surface area (Å²) in [5.74, 6) is 1.93. The number of aromatic nitrogens is 4. The van der Waals surface area contributed by atoms with E-state index in [1.807, 2.05) is 54.0 Å². The maximum Gasteiger partial charge on any atom is 0.332 e. The molecular weight excluding hydrogens is 410 g/mol. The van der Waals surface area contributed by atoms with Crippen LogP contribution in [0.4, 0.5) is 5.95 Å². The molecule has 1 aliphatic heterocycles. The topological polar surface area (TPSA) is 92.3 Å². The van der Waals surface area contributed by atoms with Crippen molar-refractivity contribution in [3.8, 4) is 11.5 Å². The first-order chi connectivity index (χ1) is 15.4. The van der Waals surface area contributed by atoms with E-state index in [0.29, 0.717) is 36.0 Å². The van der Waals surface area contributed by atoms with E-state index >= 15 is 0 Å². The van der Waals surface area contributed by atoms with E-state index in [9.17, 15) is 9.59 Å². The third-order valence-electron chi connectivity index (χ3n) is 5.70. The molecule has 1 N–H and O–H groups in total. The molecule has 2 aromatic heterocycles. The molecule has 0 fully saturated rings. The lowest BCUT2D eigenvalue weighted by atomic mass is 10.1. The zero-order valence-corrected chi connectivity index (χ0v) is 18.1. The van der Waals surface area contributed by atoms with Gasteiger partial charge in [-0.15, -0.1) is 0 Å². The van der Waals surface area contributed by atoms with Crippen molar-refractivity contribution in [3.05, 3.63) is 80.0 Å². The lowest BCUT2D eigenvalue weighted by molar-refractivity contribution is 0.174. The van der Waals surface area contributed by atoms with Crippen LogP contribution >= 0.6 is 0 Å². The molecule has 0 atom stereocenters. The van der Waals surface area contributed by atoms with Crippen LogP contribution in [0.25, 0.3) is 11.2 Å². The van der Waals surface area contributed by atoms with Crippen LogP contribution in [-0.2, 0) is 27.2 Å². The highest BCUT2D eigenvalue weighted by Crippen LogP contribution is 2.32. The number of ether oxygens (including phenoxy) is 2. The molecule has 0 saturated carbocycles. The number of hydrogen-bond acceptors (Lipinski definition) is 6. The zero-order chi connectivity index (χ0) is 22.4. The van der Waals surface area contributed by atoms with Crippen molar-refractivity contribution in [2.75, 3.05) is 12.1 Å². The predicted molar refractivity (Wildman–Crippen MR) is 120 cm³/mol. The number of nitrogens with zero attached hydrogens (tertiary/aromatic N) is 4. The van der Waals surface area contributed by atoms with Crippen LogP contribution in [0, 0.1) is 6.92 Å². The third kappa shape index (κ3) is 3.31. The largest absolute Gasteiger partial charge is 0.454 e. The standard InChI is InChI=1S/C23H23N5O4/c1-14-4-6-15(7-5-14)12-28-19-20(26(2)23(30)27(3)21(19)29)25-22(28)24-11-16-8-9-17-18(10-16)32-13-31-17/h4-10H,11-13H2,1-3H3,(H,24,25). The summed E-state index contributed by atoms with van der Waals surface area (Å²) in [6, 6.07) is 13.8. The number of anilines is 1. The smallest absolute Gasteiger partial charge is 0.332 e. The van der Waals surface area contributed by atoms with Gasteiger partial charge >= 0.3 is 5.69 Å². The number of hydrogen-bond donors (Lipinski definition) is 1. The van der Waals surface area contributed by atoms with Crippen molar-refractivity contribution in [3.63, 3.8) is 0 Å². The summed E-state index contributed by atoms with van der Waals surface area (Å²) in [5.41, 5.74) is 3.09. The summed E-state index contributed by atoms with van der Waals surface area (Å²) < 4.78 is 15.2. The maximum atomic E-state index is 13.0. The first-order valence-corrected chi connectivity index (χ1v) is 10.3. The van der Waals surface area contributed by atoms with Gasteiger partial charge in [0.1, 0.15) is 0 Å². The SMILES string of the molecule is Cc1ccc(Cn2c(NCc3ccc4c(c3)OCO4)nc3c2c(=O)n(C)c(=O)n3C)cc1. The maximum absolute atomic E-state index is 13.0. The van der Waals surface area contributed by atoms with Gasteiger partial charge in [0, 0.05) is 20.6 Å². The minimum atomic E-state index is -0.412. The molecule has 0 amide bonds. The Labute approximate surface area is 183 Å². The summed E-state index contributed by atoms with van der Waals surface area (Å²) >= 11 is 0. The van der Waals surface area contributed by atoms with Gasteiger partial charge in [0.2, 0.25) is 12.7 Å². The number of fused-ring (bicyclic) bond motifs is 2. The number of benzene rings is 2. The Morgan fingerprint density at radius 3 is 2.47 bits per heavy atom. The van der Waals surface area contributed by atoms with E-state index in [-0.39, 0.29) is 12.4 Å². The lowest BCUT2D eigenvalue weighted by Crippen LogP contribution is -2.37. The molecule has 1 aliphatic rings. The highest BCUT2D eigenvalue weighted by molar-refractivity contribution is 5.74. The molecule has 164 valence electrons. The van der Waals surface area contributed by atoms with Gasteiger partial charge in [-0.3, -0.25) is 18.5 Å². The third-order valence-corrected chi connectivity index (χ3v) is 5.70. The van der Waals surface area contributed by atoms with Crippen molar-refractivity contribution >= 4 is 17.1 Å². The first kappa shape index (κ1) is 19.9. The average Bonchev–Trinajstić information content (AvgIpc) is 3.40. The van der Waals surface area contributed by atoms with Gasteiger partial charge in [0.25, 0.3) is 5.56 Å². The average molecular weight is 433 g/mol. The number of rotatable bonds is 5. The molecule has 9 heteroatoms. The number of imidazole rings is 1. The molecule has 0 spiro atoms. The zero-order valence-electron chi connectivity index (χ0n) is 18.1. The Hall–Kier alpha value is -4.01. The summed E-state index contributed by atoms with van der Waals surface area (Å²) in [5, 5.41) is 3.33. The van der Waals surface area contributed by atoms with Crippen molar-refractivity contribution in [2.24, 2.45) is 14.1 Å². The molecule has 0 saturated heterocycles. The Balaban J connectivity index is 1.58. The number of nitrogens with one attached hydrogen (secondary N) is 1. The minimum Gasteiger partial charge on any atom is -0.454 e. The lowest BCUT2D eigenvalue weighted by Gasteiger charge is -2.12. The van der Waals surface area contributed by atoms with Gasteiger partial charge in [-0.05, 0) is 30.2 Å². The van der Waals surface area contributed by atoms with Gasteiger partial charge in [-0.2, -0.15) is 4.98 Å². The van der Waals surface area contributed by atoms with Crippen LogP contribution < -0.4 is 26.0 Å². The highest BCUT2D eigenvalue weighted by Gasteiger charge is 2.20. The fourth-order valence-corrected chi connectivity index (χ4v) is 3.84. The quantitative estimate of drug-likeness (QED) is 0.518. The van der Waals surface area contributed by atoms with E-state index in [4.69, 9.17) is 9.47 Å². The van der Waals surface area contributed by atoms with E-state index in [2.05, 4.69) is 10.3 Å². The molecule has 0 aliphatic carbocycles. The van der Waals surface area contributed by atoms with Gasteiger partial charge in [-0.25, -0.2) is 4.79 Å². The predicted octanol–water partition coefficient (Wildman–Crippen LogP) is 2.13. The molecule has 0 radical (unpaired) electrons. The Morgan fingerprint density at radius 1 is 0.969 bits per heavy atom. The fourth-order valence-electron chi connectivity index (χ4n) is 3.84. The van der Waals surface area contributed by atoms with Crippen molar-refractivity contribution < 1.29 is 9.47 Å².